The topological polar surface area (TPSA) is 20.3 Å². The minimum Gasteiger partial charge on any atom is -0.337 e. The van der Waals surface area contributed by atoms with Gasteiger partial charge in [-0.2, -0.15) is 11.8 Å². The van der Waals surface area contributed by atoms with Crippen LogP contribution in [0.3, 0.4) is 0 Å². The Balaban J connectivity index is 2.19. The van der Waals surface area contributed by atoms with E-state index in [0.29, 0.717) is 0 Å². The highest BCUT2D eigenvalue weighted by molar-refractivity contribution is 7.99. The van der Waals surface area contributed by atoms with Gasteiger partial charge in [-0.1, -0.05) is 17.7 Å². The zero-order valence-electron chi connectivity index (χ0n) is 9.82. The van der Waals surface area contributed by atoms with Crippen LogP contribution in [-0.2, 0) is 0 Å². The fraction of sp³-hybridized carbons (Fsp3) is 0.462. The van der Waals surface area contributed by atoms with Gasteiger partial charge in [-0.3, -0.25) is 4.79 Å². The third kappa shape index (κ3) is 2.40. The number of carbonyl (C=O) groups is 1. The fourth-order valence-corrected chi connectivity index (χ4v) is 2.89. The highest BCUT2D eigenvalue weighted by Gasteiger charge is 2.19. The van der Waals surface area contributed by atoms with Gasteiger partial charge in [0.1, 0.15) is 0 Å². The third-order valence-electron chi connectivity index (χ3n) is 2.91. The number of amides is 1. The second-order valence-corrected chi connectivity index (χ2v) is 5.45. The van der Waals surface area contributed by atoms with Gasteiger partial charge in [-0.05, 0) is 25.5 Å². The first kappa shape index (κ1) is 11.5. The number of hydrogen-bond donors (Lipinski definition) is 0. The molecular weight excluding hydrogens is 218 g/mol. The van der Waals surface area contributed by atoms with Gasteiger partial charge in [0, 0.05) is 30.2 Å². The lowest BCUT2D eigenvalue weighted by atomic mass is 10.0. The molecule has 1 amide bonds. The van der Waals surface area contributed by atoms with Crippen molar-refractivity contribution in [2.24, 2.45) is 0 Å². The Morgan fingerprint density at radius 1 is 1.25 bits per heavy atom. The van der Waals surface area contributed by atoms with E-state index >= 15 is 0 Å². The van der Waals surface area contributed by atoms with Gasteiger partial charge >= 0.3 is 0 Å². The van der Waals surface area contributed by atoms with Gasteiger partial charge in [0.2, 0.25) is 0 Å². The molecule has 1 heterocycles. The summed E-state index contributed by atoms with van der Waals surface area (Å²) in [6, 6.07) is 6.04. The largest absolute Gasteiger partial charge is 0.337 e. The minimum absolute atomic E-state index is 0.192. The molecule has 0 N–H and O–H groups in total. The van der Waals surface area contributed by atoms with E-state index in [1.807, 2.05) is 35.7 Å². The lowest BCUT2D eigenvalue weighted by Crippen LogP contribution is -2.38. The predicted octanol–water partition coefficient (Wildman–Crippen LogP) is 2.49. The quantitative estimate of drug-likeness (QED) is 0.745. The SMILES string of the molecule is Cc1ccc(C(=O)N2CCSCC2)c(C)c1. The van der Waals surface area contributed by atoms with Crippen molar-refractivity contribution in [2.45, 2.75) is 13.8 Å². The summed E-state index contributed by atoms with van der Waals surface area (Å²) in [6.07, 6.45) is 0. The van der Waals surface area contributed by atoms with Crippen molar-refractivity contribution >= 4 is 17.7 Å². The van der Waals surface area contributed by atoms with Crippen LogP contribution in [0.4, 0.5) is 0 Å². The van der Waals surface area contributed by atoms with Crippen LogP contribution in [0, 0.1) is 13.8 Å². The number of nitrogens with zero attached hydrogens (tertiary/aromatic N) is 1. The van der Waals surface area contributed by atoms with E-state index in [1.54, 1.807) is 0 Å². The number of benzene rings is 1. The molecule has 0 aromatic heterocycles. The molecule has 1 fully saturated rings. The Bertz CT molecular complexity index is 397. The molecule has 2 rings (SSSR count). The van der Waals surface area contributed by atoms with Crippen molar-refractivity contribution in [3.05, 3.63) is 34.9 Å². The van der Waals surface area contributed by atoms with E-state index in [2.05, 4.69) is 13.0 Å². The number of carbonyl (C=O) groups excluding carboxylic acids is 1. The first-order valence-corrected chi connectivity index (χ1v) is 6.78. The minimum atomic E-state index is 0.192. The molecule has 0 radical (unpaired) electrons. The highest BCUT2D eigenvalue weighted by Crippen LogP contribution is 2.16. The lowest BCUT2D eigenvalue weighted by Gasteiger charge is -2.27. The Kier molecular flexibility index (Phi) is 3.54. The van der Waals surface area contributed by atoms with E-state index in [-0.39, 0.29) is 5.91 Å². The maximum atomic E-state index is 12.2. The second kappa shape index (κ2) is 4.91. The maximum Gasteiger partial charge on any atom is 0.254 e. The second-order valence-electron chi connectivity index (χ2n) is 4.22. The van der Waals surface area contributed by atoms with Crippen LogP contribution in [0.15, 0.2) is 18.2 Å². The van der Waals surface area contributed by atoms with Crippen molar-refractivity contribution in [3.8, 4) is 0 Å². The zero-order chi connectivity index (χ0) is 11.5. The van der Waals surface area contributed by atoms with E-state index < -0.39 is 0 Å². The standard InChI is InChI=1S/C13H17NOS/c1-10-3-4-12(11(2)9-10)13(15)14-5-7-16-8-6-14/h3-4,9H,5-8H2,1-2H3. The van der Waals surface area contributed by atoms with E-state index in [9.17, 15) is 4.79 Å². The third-order valence-corrected chi connectivity index (χ3v) is 3.85. The van der Waals surface area contributed by atoms with Crippen LogP contribution >= 0.6 is 11.8 Å². The molecule has 0 saturated carbocycles. The summed E-state index contributed by atoms with van der Waals surface area (Å²) in [5, 5.41) is 0. The van der Waals surface area contributed by atoms with Gasteiger partial charge in [0.15, 0.2) is 0 Å². The van der Waals surface area contributed by atoms with Crippen LogP contribution in [0.1, 0.15) is 21.5 Å². The summed E-state index contributed by atoms with van der Waals surface area (Å²) >= 11 is 1.92. The Labute approximate surface area is 101 Å². The number of rotatable bonds is 1. The molecule has 0 aliphatic carbocycles. The Hall–Kier alpha value is -0.960. The summed E-state index contributed by atoms with van der Waals surface area (Å²) in [5.74, 6) is 2.32. The maximum absolute atomic E-state index is 12.2. The van der Waals surface area contributed by atoms with Crippen molar-refractivity contribution in [2.75, 3.05) is 24.6 Å². The summed E-state index contributed by atoms with van der Waals surface area (Å²) in [7, 11) is 0. The number of hydrogen-bond acceptors (Lipinski definition) is 2. The molecule has 1 aromatic rings. The van der Waals surface area contributed by atoms with E-state index in [4.69, 9.17) is 0 Å². The molecule has 16 heavy (non-hydrogen) atoms. The average Bonchev–Trinajstić information content (AvgIpc) is 2.29. The number of aryl methyl sites for hydroxylation is 2. The number of thioether (sulfide) groups is 1. The van der Waals surface area contributed by atoms with E-state index in [0.717, 1.165) is 35.7 Å². The summed E-state index contributed by atoms with van der Waals surface area (Å²) in [4.78, 5) is 14.2. The first-order chi connectivity index (χ1) is 7.68. The molecule has 2 nitrogen and oxygen atoms in total. The fourth-order valence-electron chi connectivity index (χ4n) is 1.99. The van der Waals surface area contributed by atoms with Gasteiger partial charge < -0.3 is 4.90 Å². The zero-order valence-corrected chi connectivity index (χ0v) is 10.6. The summed E-state index contributed by atoms with van der Waals surface area (Å²) in [6.45, 7) is 5.84. The summed E-state index contributed by atoms with van der Waals surface area (Å²) < 4.78 is 0. The lowest BCUT2D eigenvalue weighted by molar-refractivity contribution is 0.0771. The molecule has 3 heteroatoms. The molecule has 0 atom stereocenters. The van der Waals surface area contributed by atoms with Crippen LogP contribution in [0.25, 0.3) is 0 Å². The smallest absolute Gasteiger partial charge is 0.254 e. The van der Waals surface area contributed by atoms with Crippen molar-refractivity contribution in [3.63, 3.8) is 0 Å². The average molecular weight is 235 g/mol. The molecular formula is C13H17NOS. The van der Waals surface area contributed by atoms with Gasteiger partial charge in [-0.15, -0.1) is 0 Å². The van der Waals surface area contributed by atoms with Crippen LogP contribution in [0.5, 0.6) is 0 Å². The molecule has 0 unspecified atom stereocenters. The van der Waals surface area contributed by atoms with Crippen molar-refractivity contribution in [1.29, 1.82) is 0 Å². The molecule has 86 valence electrons. The molecule has 0 spiro atoms. The van der Waals surface area contributed by atoms with Gasteiger partial charge in [0.05, 0.1) is 0 Å². The van der Waals surface area contributed by atoms with Crippen molar-refractivity contribution in [1.82, 2.24) is 4.90 Å². The monoisotopic (exact) mass is 235 g/mol. The summed E-state index contributed by atoms with van der Waals surface area (Å²) in [5.41, 5.74) is 3.16. The molecule has 1 aromatic carbocycles. The van der Waals surface area contributed by atoms with Crippen molar-refractivity contribution < 1.29 is 4.79 Å². The first-order valence-electron chi connectivity index (χ1n) is 5.63. The Morgan fingerprint density at radius 3 is 2.56 bits per heavy atom. The molecule has 1 aliphatic heterocycles. The van der Waals surface area contributed by atoms with Crippen LogP contribution in [-0.4, -0.2) is 35.4 Å². The van der Waals surface area contributed by atoms with Crippen LogP contribution in [0.2, 0.25) is 0 Å². The Morgan fingerprint density at radius 2 is 1.94 bits per heavy atom. The van der Waals surface area contributed by atoms with Gasteiger partial charge in [-0.25, -0.2) is 0 Å². The van der Waals surface area contributed by atoms with E-state index in [1.165, 1.54) is 5.56 Å². The molecule has 1 aliphatic rings. The highest BCUT2D eigenvalue weighted by atomic mass is 32.2. The predicted molar refractivity (Wildman–Crippen MR) is 69.1 cm³/mol. The normalized spacial score (nSPS) is 16.2. The van der Waals surface area contributed by atoms with Gasteiger partial charge in [0.25, 0.3) is 5.91 Å². The molecule has 1 saturated heterocycles. The molecule has 0 bridgehead atoms. The van der Waals surface area contributed by atoms with Crippen LogP contribution < -0.4 is 0 Å².